The molecule has 0 amide bonds. The Morgan fingerprint density at radius 1 is 1.27 bits per heavy atom. The number of aliphatic hydroxyl groups is 1. The summed E-state index contributed by atoms with van der Waals surface area (Å²) in [7, 11) is 1.46. The fraction of sp³-hybridized carbons (Fsp3) is 0.640. The zero-order valence-corrected chi connectivity index (χ0v) is 20.4. The third kappa shape index (κ3) is 4.45. The molecule has 3 rings (SSSR count). The molecule has 33 heavy (non-hydrogen) atoms. The first-order valence-electron chi connectivity index (χ1n) is 11.3. The van der Waals surface area contributed by atoms with Crippen LogP contribution < -0.4 is 0 Å². The highest BCUT2D eigenvalue weighted by Crippen LogP contribution is 2.47. The minimum Gasteiger partial charge on any atom is -0.490 e. The van der Waals surface area contributed by atoms with Crippen molar-refractivity contribution in [1.82, 2.24) is 0 Å². The molecule has 4 atom stereocenters. The van der Waals surface area contributed by atoms with Crippen LogP contribution in [0.2, 0.25) is 0 Å². The largest absolute Gasteiger partial charge is 0.490 e. The van der Waals surface area contributed by atoms with Crippen LogP contribution in [0.5, 0.6) is 0 Å². The summed E-state index contributed by atoms with van der Waals surface area (Å²) in [5.74, 6) is -1.49. The van der Waals surface area contributed by atoms with Gasteiger partial charge in [0.1, 0.15) is 11.4 Å². The number of ether oxygens (including phenoxy) is 4. The molecule has 1 fully saturated rings. The Balaban J connectivity index is 2.20. The number of carbonyl (C=O) groups excluding carboxylic acids is 3. The van der Waals surface area contributed by atoms with Gasteiger partial charge in [0.05, 0.1) is 13.5 Å². The standard InChI is InChI=1S/C25H34O8/c1-13(2)19-17-9-8-14(3)21(31-16(5)26)25(29)12-18(27)32-22(25)15(4)10-11-24(17,6)33-23(28)20(19)30-7/h8,13,17,21,29H,9-12H2,1-7H3/b14-8-,22-15+/t17-,21?,24+,25+/m1/s1. The van der Waals surface area contributed by atoms with Crippen molar-refractivity contribution in [2.45, 2.75) is 84.5 Å². The van der Waals surface area contributed by atoms with Crippen molar-refractivity contribution in [2.24, 2.45) is 11.8 Å². The third-order valence-corrected chi connectivity index (χ3v) is 6.93. The Bertz CT molecular complexity index is 955. The minimum absolute atomic E-state index is 0.0317. The average molecular weight is 463 g/mol. The summed E-state index contributed by atoms with van der Waals surface area (Å²) in [6.07, 6.45) is 1.80. The fourth-order valence-electron chi connectivity index (χ4n) is 5.30. The van der Waals surface area contributed by atoms with Crippen molar-refractivity contribution in [3.63, 3.8) is 0 Å². The second kappa shape index (κ2) is 8.97. The smallest absolute Gasteiger partial charge is 0.374 e. The molecule has 8 nitrogen and oxygen atoms in total. The molecule has 0 spiro atoms. The van der Waals surface area contributed by atoms with E-state index < -0.39 is 35.2 Å². The maximum Gasteiger partial charge on any atom is 0.374 e. The van der Waals surface area contributed by atoms with Crippen LogP contribution in [0.3, 0.4) is 0 Å². The van der Waals surface area contributed by atoms with Crippen LogP contribution in [0.4, 0.5) is 0 Å². The van der Waals surface area contributed by atoms with E-state index in [9.17, 15) is 19.5 Å². The number of rotatable bonds is 3. The Hall–Kier alpha value is -2.61. The monoisotopic (exact) mass is 462 g/mol. The SMILES string of the molecule is COC1=C(C(C)C)[C@H]2C/C=C(/C)C(OC(C)=O)[C@@]3(O)CC(=O)O/C3=C(\C)CC[C@]2(C)OC1=O. The van der Waals surface area contributed by atoms with Gasteiger partial charge < -0.3 is 24.1 Å². The maximum atomic E-state index is 12.8. The van der Waals surface area contributed by atoms with E-state index in [4.69, 9.17) is 18.9 Å². The average Bonchev–Trinajstić information content (AvgIpc) is 3.02. The molecule has 0 bridgehead atoms. The van der Waals surface area contributed by atoms with Gasteiger partial charge in [0.25, 0.3) is 0 Å². The van der Waals surface area contributed by atoms with Crippen LogP contribution in [0.15, 0.2) is 34.3 Å². The molecule has 0 aromatic heterocycles. The van der Waals surface area contributed by atoms with Crippen LogP contribution in [0, 0.1) is 11.8 Å². The summed E-state index contributed by atoms with van der Waals surface area (Å²) >= 11 is 0. The number of hydrogen-bond donors (Lipinski definition) is 1. The zero-order valence-electron chi connectivity index (χ0n) is 20.4. The lowest BCUT2D eigenvalue weighted by atomic mass is 9.72. The summed E-state index contributed by atoms with van der Waals surface area (Å²) in [5.41, 5.74) is -0.550. The van der Waals surface area contributed by atoms with Gasteiger partial charge in [0, 0.05) is 12.8 Å². The van der Waals surface area contributed by atoms with E-state index >= 15 is 0 Å². The van der Waals surface area contributed by atoms with Crippen LogP contribution >= 0.6 is 0 Å². The number of esters is 3. The summed E-state index contributed by atoms with van der Waals surface area (Å²) in [5, 5.41) is 11.6. The lowest BCUT2D eigenvalue weighted by molar-refractivity contribution is -0.167. The first kappa shape index (κ1) is 25.0. The zero-order chi connectivity index (χ0) is 24.7. The van der Waals surface area contributed by atoms with Crippen molar-refractivity contribution in [2.75, 3.05) is 7.11 Å². The van der Waals surface area contributed by atoms with Gasteiger partial charge in [-0.15, -0.1) is 0 Å². The Morgan fingerprint density at radius 2 is 1.94 bits per heavy atom. The van der Waals surface area contributed by atoms with Gasteiger partial charge in [-0.2, -0.15) is 0 Å². The number of carbonyl (C=O) groups is 3. The molecule has 8 heteroatoms. The van der Waals surface area contributed by atoms with Crippen molar-refractivity contribution in [1.29, 1.82) is 0 Å². The van der Waals surface area contributed by atoms with Gasteiger partial charge in [-0.25, -0.2) is 4.79 Å². The Kier molecular flexibility index (Phi) is 6.80. The maximum absolute atomic E-state index is 12.8. The van der Waals surface area contributed by atoms with Crippen LogP contribution in [0.1, 0.15) is 67.2 Å². The predicted octanol–water partition coefficient (Wildman–Crippen LogP) is 3.49. The second-order valence-electron chi connectivity index (χ2n) is 9.76. The Labute approximate surface area is 194 Å². The predicted molar refractivity (Wildman–Crippen MR) is 118 cm³/mol. The number of methoxy groups -OCH3 is 1. The molecule has 3 aliphatic rings. The van der Waals surface area contributed by atoms with Gasteiger partial charge >= 0.3 is 17.9 Å². The molecule has 0 saturated carbocycles. The van der Waals surface area contributed by atoms with Crippen LogP contribution in [-0.2, 0) is 33.3 Å². The highest BCUT2D eigenvalue weighted by Gasteiger charge is 2.54. The lowest BCUT2D eigenvalue weighted by Gasteiger charge is -2.43. The van der Waals surface area contributed by atoms with Crippen molar-refractivity contribution in [3.05, 3.63) is 34.3 Å². The van der Waals surface area contributed by atoms with E-state index in [1.54, 1.807) is 13.8 Å². The van der Waals surface area contributed by atoms with Gasteiger partial charge in [-0.3, -0.25) is 9.59 Å². The summed E-state index contributed by atoms with van der Waals surface area (Å²) in [6.45, 7) is 10.7. The molecule has 1 unspecified atom stereocenters. The normalized spacial score (nSPS) is 36.7. The lowest BCUT2D eigenvalue weighted by Crippen LogP contribution is -2.46. The highest BCUT2D eigenvalue weighted by molar-refractivity contribution is 5.89. The molecule has 2 heterocycles. The van der Waals surface area contributed by atoms with Gasteiger partial charge in [-0.1, -0.05) is 19.9 Å². The van der Waals surface area contributed by atoms with E-state index in [2.05, 4.69) is 0 Å². The topological polar surface area (TPSA) is 108 Å². The third-order valence-electron chi connectivity index (χ3n) is 6.93. The first-order valence-corrected chi connectivity index (χ1v) is 11.3. The van der Waals surface area contributed by atoms with E-state index in [-0.39, 0.29) is 29.8 Å². The van der Waals surface area contributed by atoms with E-state index in [1.165, 1.54) is 14.0 Å². The summed E-state index contributed by atoms with van der Waals surface area (Å²) in [6, 6.07) is 0. The summed E-state index contributed by atoms with van der Waals surface area (Å²) in [4.78, 5) is 37.0. The second-order valence-corrected chi connectivity index (χ2v) is 9.76. The molecule has 1 saturated heterocycles. The molecule has 1 aliphatic carbocycles. The molecule has 0 aromatic carbocycles. The molecule has 0 radical (unpaired) electrons. The molecule has 1 N–H and O–H groups in total. The van der Waals surface area contributed by atoms with E-state index in [0.29, 0.717) is 30.4 Å². The van der Waals surface area contributed by atoms with Crippen molar-refractivity contribution < 1.29 is 38.4 Å². The Morgan fingerprint density at radius 3 is 2.52 bits per heavy atom. The minimum atomic E-state index is -1.80. The van der Waals surface area contributed by atoms with Gasteiger partial charge in [0.15, 0.2) is 11.7 Å². The number of hydrogen-bond acceptors (Lipinski definition) is 8. The van der Waals surface area contributed by atoms with Gasteiger partial charge in [0.2, 0.25) is 5.76 Å². The molecular formula is C25H34O8. The molecule has 182 valence electrons. The van der Waals surface area contributed by atoms with E-state index in [0.717, 1.165) is 5.57 Å². The first-order chi connectivity index (χ1) is 15.3. The highest BCUT2D eigenvalue weighted by atomic mass is 16.6. The van der Waals surface area contributed by atoms with E-state index in [1.807, 2.05) is 26.8 Å². The van der Waals surface area contributed by atoms with Crippen LogP contribution in [0.25, 0.3) is 0 Å². The number of fused-ring (bicyclic) bond motifs is 2. The van der Waals surface area contributed by atoms with Gasteiger partial charge in [-0.05, 0) is 62.7 Å². The van der Waals surface area contributed by atoms with Crippen LogP contribution in [-0.4, -0.2) is 47.4 Å². The fourth-order valence-corrected chi connectivity index (χ4v) is 5.30. The molecular weight excluding hydrogens is 428 g/mol. The summed E-state index contributed by atoms with van der Waals surface area (Å²) < 4.78 is 22.4. The molecule has 2 aliphatic heterocycles. The van der Waals surface area contributed by atoms with Crippen molar-refractivity contribution in [3.8, 4) is 0 Å². The number of allylic oxidation sites excluding steroid dienone is 2. The quantitative estimate of drug-likeness (QED) is 0.386. The van der Waals surface area contributed by atoms with Crippen molar-refractivity contribution >= 4 is 17.9 Å². The molecule has 0 aromatic rings.